The summed E-state index contributed by atoms with van der Waals surface area (Å²) in [6.45, 7) is 3.80. The first-order chi connectivity index (χ1) is 22.7. The Balaban J connectivity index is 1.19. The van der Waals surface area contributed by atoms with Crippen LogP contribution in [0, 0.1) is 6.92 Å². The number of aliphatic carboxylic acids is 1. The van der Waals surface area contributed by atoms with Crippen LogP contribution in [0.15, 0.2) is 78.0 Å². The first-order valence-corrected chi connectivity index (χ1v) is 16.9. The number of aromatic nitrogens is 2. The molecule has 0 fully saturated rings. The van der Waals surface area contributed by atoms with Gasteiger partial charge in [0.1, 0.15) is 11.8 Å². The van der Waals surface area contributed by atoms with Crippen LogP contribution in [-0.2, 0) is 16.1 Å². The Morgan fingerprint density at radius 1 is 1.13 bits per heavy atom. The summed E-state index contributed by atoms with van der Waals surface area (Å²) in [5.41, 5.74) is 10.7. The third-order valence-corrected chi connectivity index (χ3v) is 9.44. The quantitative estimate of drug-likeness (QED) is 0.143. The molecule has 47 heavy (non-hydrogen) atoms. The van der Waals surface area contributed by atoms with E-state index >= 15 is 0 Å². The molecular weight excluding hydrogens is 638 g/mol. The van der Waals surface area contributed by atoms with E-state index in [-0.39, 0.29) is 18.2 Å². The van der Waals surface area contributed by atoms with Crippen molar-refractivity contribution >= 4 is 46.8 Å². The van der Waals surface area contributed by atoms with Gasteiger partial charge in [-0.1, -0.05) is 41.9 Å². The molecular formula is C35H38ClN5O5S. The Labute approximate surface area is 283 Å². The molecule has 4 aromatic rings. The molecule has 0 spiro atoms. The van der Waals surface area contributed by atoms with E-state index in [1.165, 1.54) is 0 Å². The number of thioether (sulfide) groups is 1. The van der Waals surface area contributed by atoms with Gasteiger partial charge in [-0.25, -0.2) is 0 Å². The fourth-order valence-electron chi connectivity index (χ4n) is 5.36. The van der Waals surface area contributed by atoms with Crippen LogP contribution in [0.25, 0.3) is 11.1 Å². The summed E-state index contributed by atoms with van der Waals surface area (Å²) in [7, 11) is 0. The van der Waals surface area contributed by atoms with Crippen LogP contribution in [0.1, 0.15) is 47.2 Å². The Hall–Kier alpha value is -4.32. The number of nitrogens with one attached hydrogen (secondary N) is 1. The van der Waals surface area contributed by atoms with Crippen LogP contribution < -0.4 is 20.7 Å². The second-order valence-corrected chi connectivity index (χ2v) is 12.8. The number of hydrogen-bond donors (Lipinski definition) is 3. The van der Waals surface area contributed by atoms with Crippen molar-refractivity contribution < 1.29 is 24.2 Å². The summed E-state index contributed by atoms with van der Waals surface area (Å²) in [5.74, 6) is 0.322. The van der Waals surface area contributed by atoms with E-state index in [4.69, 9.17) is 27.2 Å². The standard InChI is InChI=1S/C35H38ClN5O5S/c1-23-28(36)10-4-13-31(23)46-17-6-14-32(42)41-16-18-47-33-27(9-3-12-30(33)41)26-20-39-40(22-26)21-24-7-2-8-25(19-24)34(43)38-15-5-11-29(37)35(44)45/h2-4,7-10,12-13,19-20,22,29H,5-6,11,14-18,21,37H2,1H3,(H,38,43)(H,44,45)/t29-/m0/s1. The lowest BCUT2D eigenvalue weighted by Crippen LogP contribution is -2.35. The van der Waals surface area contributed by atoms with E-state index < -0.39 is 12.0 Å². The van der Waals surface area contributed by atoms with Crippen molar-refractivity contribution in [1.29, 1.82) is 0 Å². The summed E-state index contributed by atoms with van der Waals surface area (Å²) in [4.78, 5) is 39.8. The predicted molar refractivity (Wildman–Crippen MR) is 184 cm³/mol. The SMILES string of the molecule is Cc1c(Cl)cccc1OCCCC(=O)N1CCSc2c(-c3cnn(Cc4cccc(C(=O)NCCC[C@H](N)C(=O)O)c4)c3)cccc21. The number of carboxylic acids is 1. The van der Waals surface area contributed by atoms with Gasteiger partial charge in [0.15, 0.2) is 0 Å². The number of rotatable bonds is 14. The minimum Gasteiger partial charge on any atom is -0.493 e. The molecule has 1 atom stereocenters. The van der Waals surface area contributed by atoms with Crippen molar-refractivity contribution in [2.24, 2.45) is 5.73 Å². The molecule has 12 heteroatoms. The third-order valence-electron chi connectivity index (χ3n) is 7.93. The van der Waals surface area contributed by atoms with Crippen molar-refractivity contribution in [3.05, 3.63) is 94.8 Å². The molecule has 0 saturated carbocycles. The molecule has 0 bridgehead atoms. The number of carbonyl (C=O) groups is 3. The summed E-state index contributed by atoms with van der Waals surface area (Å²) in [5, 5.41) is 17.0. The fourth-order valence-corrected chi connectivity index (χ4v) is 6.67. The minimum absolute atomic E-state index is 0.0681. The van der Waals surface area contributed by atoms with Crippen molar-refractivity contribution in [1.82, 2.24) is 15.1 Å². The van der Waals surface area contributed by atoms with E-state index in [9.17, 15) is 14.4 Å². The fraction of sp³-hybridized carbons (Fsp3) is 0.314. The highest BCUT2D eigenvalue weighted by Gasteiger charge is 2.25. The summed E-state index contributed by atoms with van der Waals surface area (Å²) in [6.07, 6.45) is 5.54. The number of hydrogen-bond acceptors (Lipinski definition) is 7. The number of halogens is 1. The summed E-state index contributed by atoms with van der Waals surface area (Å²) in [6, 6.07) is 18.0. The van der Waals surface area contributed by atoms with Gasteiger partial charge in [0.2, 0.25) is 5.91 Å². The van der Waals surface area contributed by atoms with Crippen molar-refractivity contribution in [3.63, 3.8) is 0 Å². The Kier molecular flexibility index (Phi) is 11.6. The molecule has 5 rings (SSSR count). The van der Waals surface area contributed by atoms with Gasteiger partial charge < -0.3 is 25.8 Å². The highest BCUT2D eigenvalue weighted by atomic mass is 35.5. The summed E-state index contributed by atoms with van der Waals surface area (Å²) < 4.78 is 7.72. The minimum atomic E-state index is -1.05. The van der Waals surface area contributed by atoms with Crippen LogP contribution in [0.3, 0.4) is 0 Å². The molecule has 1 aliphatic heterocycles. The number of ether oxygens (including phenoxy) is 1. The zero-order valence-electron chi connectivity index (χ0n) is 26.2. The molecule has 2 heterocycles. The number of nitrogens with two attached hydrogens (primary N) is 1. The molecule has 0 radical (unpaired) electrons. The molecule has 10 nitrogen and oxygen atoms in total. The van der Waals surface area contributed by atoms with Crippen LogP contribution in [0.2, 0.25) is 5.02 Å². The molecule has 1 aliphatic rings. The molecule has 0 unspecified atom stereocenters. The van der Waals surface area contributed by atoms with Gasteiger partial charge in [-0.2, -0.15) is 5.10 Å². The number of amides is 2. The maximum absolute atomic E-state index is 13.3. The molecule has 2 amide bonds. The number of benzene rings is 3. The van der Waals surface area contributed by atoms with Crippen LogP contribution in [-0.4, -0.2) is 64.2 Å². The first kappa shape index (κ1) is 34.0. The molecule has 3 aromatic carbocycles. The average Bonchev–Trinajstić information content (AvgIpc) is 3.54. The van der Waals surface area contributed by atoms with E-state index in [0.29, 0.717) is 56.1 Å². The van der Waals surface area contributed by atoms with Gasteiger partial charge in [-0.05, 0) is 62.1 Å². The lowest BCUT2D eigenvalue weighted by Gasteiger charge is -2.30. The predicted octanol–water partition coefficient (Wildman–Crippen LogP) is 5.78. The Bertz CT molecular complexity index is 1750. The monoisotopic (exact) mass is 675 g/mol. The van der Waals surface area contributed by atoms with Crippen LogP contribution >= 0.6 is 23.4 Å². The normalized spacial score (nSPS) is 13.1. The van der Waals surface area contributed by atoms with Gasteiger partial charge >= 0.3 is 5.97 Å². The molecule has 0 saturated heterocycles. The number of anilines is 1. The van der Waals surface area contributed by atoms with Crippen LogP contribution in [0.4, 0.5) is 5.69 Å². The topological polar surface area (TPSA) is 140 Å². The third kappa shape index (κ3) is 8.73. The number of nitrogens with zero attached hydrogens (tertiary/aromatic N) is 3. The van der Waals surface area contributed by atoms with E-state index in [1.807, 2.05) is 77.4 Å². The zero-order chi connectivity index (χ0) is 33.3. The van der Waals surface area contributed by atoms with Crippen molar-refractivity contribution in [2.75, 3.05) is 30.3 Å². The Morgan fingerprint density at radius 3 is 2.77 bits per heavy atom. The van der Waals surface area contributed by atoms with E-state index in [2.05, 4.69) is 16.5 Å². The average molecular weight is 676 g/mol. The second kappa shape index (κ2) is 16.0. The molecule has 1 aromatic heterocycles. The lowest BCUT2D eigenvalue weighted by atomic mass is 10.1. The lowest BCUT2D eigenvalue weighted by molar-refractivity contribution is -0.138. The van der Waals surface area contributed by atoms with Crippen molar-refractivity contribution in [3.8, 4) is 16.9 Å². The smallest absolute Gasteiger partial charge is 0.320 e. The Morgan fingerprint density at radius 2 is 1.94 bits per heavy atom. The van der Waals surface area contributed by atoms with Gasteiger partial charge in [-0.3, -0.25) is 19.1 Å². The van der Waals surface area contributed by atoms with E-state index in [1.54, 1.807) is 17.8 Å². The van der Waals surface area contributed by atoms with Gasteiger partial charge in [-0.15, -0.1) is 11.8 Å². The second-order valence-electron chi connectivity index (χ2n) is 11.3. The van der Waals surface area contributed by atoms with Gasteiger partial charge in [0.25, 0.3) is 5.91 Å². The highest BCUT2D eigenvalue weighted by molar-refractivity contribution is 7.99. The highest BCUT2D eigenvalue weighted by Crippen LogP contribution is 2.42. The first-order valence-electron chi connectivity index (χ1n) is 15.5. The van der Waals surface area contributed by atoms with Gasteiger partial charge in [0.05, 0.1) is 25.0 Å². The maximum atomic E-state index is 13.3. The summed E-state index contributed by atoms with van der Waals surface area (Å²) >= 11 is 7.93. The number of carboxylic acid groups (broad SMARTS) is 1. The van der Waals surface area contributed by atoms with E-state index in [0.717, 1.165) is 44.3 Å². The molecule has 0 aliphatic carbocycles. The number of carbonyl (C=O) groups excluding carboxylic acids is 2. The van der Waals surface area contributed by atoms with Crippen molar-refractivity contribution in [2.45, 2.75) is 50.1 Å². The maximum Gasteiger partial charge on any atom is 0.320 e. The van der Waals surface area contributed by atoms with Gasteiger partial charge in [0, 0.05) is 63.6 Å². The largest absolute Gasteiger partial charge is 0.493 e. The zero-order valence-corrected chi connectivity index (χ0v) is 27.7. The van der Waals surface area contributed by atoms with Crippen LogP contribution in [0.5, 0.6) is 5.75 Å². The molecule has 246 valence electrons. The molecule has 4 N–H and O–H groups in total. The number of fused-ring (bicyclic) bond motifs is 1.